The molecule has 0 spiro atoms. The average molecular weight is 941 g/mol. The van der Waals surface area contributed by atoms with Gasteiger partial charge in [0.15, 0.2) is 43.0 Å². The zero-order valence-corrected chi connectivity index (χ0v) is 39.8. The molecule has 20 heteroatoms. The number of para-hydroxylation sites is 2. The third-order valence-electron chi connectivity index (χ3n) is 10.2. The molecule has 4 aromatic heterocycles. The quantitative estimate of drug-likeness (QED) is 0.125. The van der Waals surface area contributed by atoms with E-state index in [4.69, 9.17) is 18.9 Å². The maximum Gasteiger partial charge on any atom is 0.170 e. The van der Waals surface area contributed by atoms with Crippen molar-refractivity contribution >= 4 is 19.7 Å². The predicted molar refractivity (Wildman–Crippen MR) is 248 cm³/mol. The lowest BCUT2D eigenvalue weighted by molar-refractivity contribution is 0.229. The van der Waals surface area contributed by atoms with Crippen LogP contribution in [0, 0.1) is 37.5 Å². The van der Waals surface area contributed by atoms with Gasteiger partial charge in [0, 0.05) is 35.9 Å². The summed E-state index contributed by atoms with van der Waals surface area (Å²) in [6.45, 7) is 9.69. The van der Waals surface area contributed by atoms with Gasteiger partial charge in [-0.25, -0.2) is 16.8 Å². The van der Waals surface area contributed by atoms with Crippen molar-refractivity contribution in [3.63, 3.8) is 0 Å². The lowest BCUT2D eigenvalue weighted by Gasteiger charge is -2.19. The van der Waals surface area contributed by atoms with Crippen LogP contribution in [0.4, 0.5) is 0 Å². The summed E-state index contributed by atoms with van der Waals surface area (Å²) in [5.41, 5.74) is 4.00. The maximum absolute atomic E-state index is 13.1. The second-order valence-corrected chi connectivity index (χ2v) is 19.5. The molecule has 0 fully saturated rings. The summed E-state index contributed by atoms with van der Waals surface area (Å²) in [5, 5.41) is 35.0. The third kappa shape index (κ3) is 11.1. The fraction of sp³-hybridized carbons (Fsp3) is 0.348. The first-order valence-electron chi connectivity index (χ1n) is 20.3. The second-order valence-electron chi connectivity index (χ2n) is 14.8. The van der Waals surface area contributed by atoms with Gasteiger partial charge in [-0.1, -0.05) is 24.0 Å². The Labute approximate surface area is 384 Å². The predicted octanol–water partition coefficient (Wildman–Crippen LogP) is 4.68. The second kappa shape index (κ2) is 21.9. The highest BCUT2D eigenvalue weighted by Gasteiger charge is 2.33. The minimum absolute atomic E-state index is 0.137. The molecule has 0 unspecified atom stereocenters. The van der Waals surface area contributed by atoms with Crippen molar-refractivity contribution in [3.8, 4) is 80.8 Å². The summed E-state index contributed by atoms with van der Waals surface area (Å²) < 4.78 is 77.9. The van der Waals surface area contributed by atoms with Crippen LogP contribution in [0.15, 0.2) is 73.3 Å². The number of aromatic nitrogens is 8. The fourth-order valence-corrected chi connectivity index (χ4v) is 9.21. The Bertz CT molecular complexity index is 2770. The van der Waals surface area contributed by atoms with Crippen LogP contribution >= 0.6 is 0 Å². The number of hydrogen-bond donors (Lipinski definition) is 2. The van der Waals surface area contributed by atoms with E-state index >= 15 is 0 Å². The summed E-state index contributed by atoms with van der Waals surface area (Å²) in [6, 6.07) is 14.2. The van der Waals surface area contributed by atoms with Crippen molar-refractivity contribution in [2.45, 2.75) is 75.8 Å². The fourth-order valence-electron chi connectivity index (χ4n) is 6.67. The van der Waals surface area contributed by atoms with Crippen LogP contribution in [-0.4, -0.2) is 118 Å². The highest BCUT2D eigenvalue weighted by Crippen LogP contribution is 2.38. The molecule has 0 amide bonds. The number of sulfone groups is 2. The first-order valence-corrected chi connectivity index (χ1v) is 23.7. The number of nitrogens with zero attached hydrogens (tertiary/aromatic N) is 8. The van der Waals surface area contributed by atoms with Crippen LogP contribution in [0.1, 0.15) is 50.5 Å². The van der Waals surface area contributed by atoms with Crippen molar-refractivity contribution in [2.24, 2.45) is 0 Å². The zero-order chi connectivity index (χ0) is 48.3. The van der Waals surface area contributed by atoms with Crippen molar-refractivity contribution < 1.29 is 46.0 Å². The maximum atomic E-state index is 13.1. The molecule has 0 saturated heterocycles. The van der Waals surface area contributed by atoms with Crippen molar-refractivity contribution in [1.29, 1.82) is 0 Å². The minimum Gasteiger partial charge on any atom is -0.494 e. The van der Waals surface area contributed by atoms with Gasteiger partial charge >= 0.3 is 0 Å². The number of aliphatic hydroxyl groups excluding tert-OH is 2. The molecule has 66 heavy (non-hydrogen) atoms. The summed E-state index contributed by atoms with van der Waals surface area (Å²) in [5.74, 6) is 11.9. The van der Waals surface area contributed by atoms with E-state index in [2.05, 4.69) is 54.0 Å². The van der Waals surface area contributed by atoms with E-state index in [-0.39, 0.29) is 11.6 Å². The molecule has 0 aliphatic heterocycles. The van der Waals surface area contributed by atoms with Gasteiger partial charge in [-0.2, -0.15) is 0 Å². The Morgan fingerprint density at radius 2 is 0.909 bits per heavy atom. The smallest absolute Gasteiger partial charge is 0.170 e. The number of benzene rings is 2. The molecular formula is C46H52N8O10S2. The lowest BCUT2D eigenvalue weighted by atomic mass is 10.2. The van der Waals surface area contributed by atoms with Crippen LogP contribution < -0.4 is 18.9 Å². The Balaban J connectivity index is 0.000000247. The Hall–Kier alpha value is -6.84. The van der Waals surface area contributed by atoms with Crippen LogP contribution in [0.5, 0.6) is 23.0 Å². The summed E-state index contributed by atoms with van der Waals surface area (Å²) in [7, 11) is -1.67. The number of pyridine rings is 2. The molecule has 0 saturated carbocycles. The molecule has 0 aliphatic rings. The molecule has 4 heterocycles. The number of aliphatic hydroxyl groups is 2. The standard InChI is InChI=1S/2C23H26N4O5S/c2*1-6-8-18(28)16(3)33(29,30)14-21-25-26-23(17-11-15(2)12-24-13-17)27(21)22-19(31-4)9-7-10-20(22)32-5/h2*7,9-13,16,18,28H,14H2,1-5H3/t2*16-,18+/m10/s1. The molecule has 6 aromatic rings. The molecule has 4 atom stereocenters. The van der Waals surface area contributed by atoms with Gasteiger partial charge in [0.05, 0.1) is 38.9 Å². The van der Waals surface area contributed by atoms with E-state index in [0.717, 1.165) is 11.1 Å². The van der Waals surface area contributed by atoms with Crippen LogP contribution in [0.2, 0.25) is 0 Å². The summed E-state index contributed by atoms with van der Waals surface area (Å²) in [4.78, 5) is 8.45. The molecule has 0 radical (unpaired) electrons. The Kier molecular flexibility index (Phi) is 16.6. The molecule has 0 bridgehead atoms. The van der Waals surface area contributed by atoms with Crippen molar-refractivity contribution in [3.05, 3.63) is 96.1 Å². The van der Waals surface area contributed by atoms with Crippen LogP contribution in [0.25, 0.3) is 34.2 Å². The SMILES string of the molecule is CC#C[C@@H](O)[C@H](C)S(=O)(=O)Cc1nnc(-c2cncc(C)c2)n1-c1c(OC)cccc1OC.CC#C[C@H](O)[C@@H](C)S(=O)(=O)Cc1nnc(-c2cncc(C)c2)n1-c1c(OC)cccc1OC. The minimum atomic E-state index is -3.85. The van der Waals surface area contributed by atoms with Gasteiger partial charge in [0.2, 0.25) is 0 Å². The molecular weight excluding hydrogens is 889 g/mol. The molecule has 0 aliphatic carbocycles. The topological polar surface area (TPSA) is 233 Å². The summed E-state index contributed by atoms with van der Waals surface area (Å²) in [6.07, 6.45) is 4.01. The van der Waals surface area contributed by atoms with E-state index in [1.54, 1.807) is 70.3 Å². The van der Waals surface area contributed by atoms with Crippen LogP contribution in [0.3, 0.4) is 0 Å². The van der Waals surface area contributed by atoms with Gasteiger partial charge in [0.25, 0.3) is 0 Å². The van der Waals surface area contributed by atoms with Gasteiger partial charge in [0.1, 0.15) is 58.1 Å². The lowest BCUT2D eigenvalue weighted by Crippen LogP contribution is -2.32. The first kappa shape index (κ1) is 50.2. The monoisotopic (exact) mass is 940 g/mol. The molecule has 2 aromatic carbocycles. The van der Waals surface area contributed by atoms with Crippen molar-refractivity contribution in [1.82, 2.24) is 39.5 Å². The van der Waals surface area contributed by atoms with Gasteiger partial charge < -0.3 is 29.2 Å². The van der Waals surface area contributed by atoms with Gasteiger partial charge in [-0.15, -0.1) is 32.2 Å². The molecule has 18 nitrogen and oxygen atoms in total. The van der Waals surface area contributed by atoms with Gasteiger partial charge in [-0.3, -0.25) is 19.1 Å². The van der Waals surface area contributed by atoms with E-state index in [1.165, 1.54) is 56.1 Å². The third-order valence-corrected chi connectivity index (χ3v) is 14.3. The number of methoxy groups -OCH3 is 4. The Morgan fingerprint density at radius 3 is 1.20 bits per heavy atom. The largest absolute Gasteiger partial charge is 0.494 e. The summed E-state index contributed by atoms with van der Waals surface area (Å²) >= 11 is 0. The molecule has 6 rings (SSSR count). The van der Waals surface area contributed by atoms with Crippen LogP contribution in [-0.2, 0) is 31.2 Å². The van der Waals surface area contributed by atoms with Crippen molar-refractivity contribution in [2.75, 3.05) is 28.4 Å². The molecule has 2 N–H and O–H groups in total. The van der Waals surface area contributed by atoms with E-state index in [9.17, 15) is 27.0 Å². The Morgan fingerprint density at radius 1 is 0.576 bits per heavy atom. The highest BCUT2D eigenvalue weighted by molar-refractivity contribution is 7.91. The van der Waals surface area contributed by atoms with Gasteiger partial charge in [-0.05, 0) is 89.1 Å². The number of rotatable bonds is 16. The van der Waals surface area contributed by atoms with E-state index in [0.29, 0.717) is 57.1 Å². The first-order chi connectivity index (χ1) is 31.5. The van der Waals surface area contributed by atoms with E-state index < -0.39 is 53.9 Å². The molecule has 348 valence electrons. The number of hydrogen-bond acceptors (Lipinski definition) is 16. The number of aryl methyl sites for hydroxylation is 2. The average Bonchev–Trinajstić information content (AvgIpc) is 3.91. The highest BCUT2D eigenvalue weighted by atomic mass is 32.2. The number of ether oxygens (including phenoxy) is 4. The normalized spacial score (nSPS) is 13.0. The van der Waals surface area contributed by atoms with E-state index in [1.807, 2.05) is 26.0 Å². The zero-order valence-electron chi connectivity index (χ0n) is 38.2.